The van der Waals surface area contributed by atoms with Crippen LogP contribution in [0, 0.1) is 0 Å². The number of aryl methyl sites for hydroxylation is 1. The van der Waals surface area contributed by atoms with E-state index in [1.807, 2.05) is 7.05 Å². The molecule has 0 spiro atoms. The number of ether oxygens (including phenoxy) is 1. The van der Waals surface area contributed by atoms with Gasteiger partial charge in [-0.2, -0.15) is 0 Å². The maximum absolute atomic E-state index is 5.70. The minimum Gasteiger partial charge on any atom is -0.379 e. The summed E-state index contributed by atoms with van der Waals surface area (Å²) in [5.41, 5.74) is 2.73. The minimum atomic E-state index is 0.303. The molecule has 1 rings (SSSR count). The van der Waals surface area contributed by atoms with Crippen LogP contribution in [0.3, 0.4) is 0 Å². The maximum atomic E-state index is 5.70. The highest BCUT2D eigenvalue weighted by atomic mass is 16.5. The molecule has 1 unspecified atom stereocenters. The standard InChI is InChI=1S/C16H27NO/c1-4-6-12-18-13-16(17-3)15-10-8-14(7-5-2)9-11-15/h8-11,16-17H,4-7,12-13H2,1-3H3. The summed E-state index contributed by atoms with van der Waals surface area (Å²) in [4.78, 5) is 0. The molecule has 0 bridgehead atoms. The number of hydrogen-bond acceptors (Lipinski definition) is 2. The van der Waals surface area contributed by atoms with Crippen molar-refractivity contribution >= 4 is 0 Å². The molecule has 2 nitrogen and oxygen atoms in total. The number of nitrogens with one attached hydrogen (secondary N) is 1. The van der Waals surface area contributed by atoms with Crippen LogP contribution in [0.1, 0.15) is 50.3 Å². The van der Waals surface area contributed by atoms with Crippen molar-refractivity contribution in [2.75, 3.05) is 20.3 Å². The lowest BCUT2D eigenvalue weighted by Gasteiger charge is -2.17. The van der Waals surface area contributed by atoms with Crippen molar-refractivity contribution in [2.24, 2.45) is 0 Å². The zero-order valence-electron chi connectivity index (χ0n) is 12.0. The quantitative estimate of drug-likeness (QED) is 0.674. The van der Waals surface area contributed by atoms with E-state index in [1.165, 1.54) is 24.0 Å². The number of benzene rings is 1. The van der Waals surface area contributed by atoms with Gasteiger partial charge in [-0.05, 0) is 31.0 Å². The fraction of sp³-hybridized carbons (Fsp3) is 0.625. The van der Waals surface area contributed by atoms with Gasteiger partial charge in [-0.15, -0.1) is 0 Å². The van der Waals surface area contributed by atoms with E-state index in [2.05, 4.69) is 43.4 Å². The van der Waals surface area contributed by atoms with E-state index in [9.17, 15) is 0 Å². The van der Waals surface area contributed by atoms with E-state index in [4.69, 9.17) is 4.74 Å². The van der Waals surface area contributed by atoms with Gasteiger partial charge in [0.2, 0.25) is 0 Å². The summed E-state index contributed by atoms with van der Waals surface area (Å²) in [7, 11) is 1.99. The molecule has 0 saturated carbocycles. The predicted molar refractivity (Wildman–Crippen MR) is 78.0 cm³/mol. The predicted octanol–water partition coefficient (Wildman–Crippen LogP) is 3.72. The van der Waals surface area contributed by atoms with Crippen LogP contribution in [0.5, 0.6) is 0 Å². The van der Waals surface area contributed by atoms with E-state index in [-0.39, 0.29) is 0 Å². The Balaban J connectivity index is 2.48. The molecule has 0 aliphatic rings. The van der Waals surface area contributed by atoms with Crippen molar-refractivity contribution in [2.45, 2.75) is 45.6 Å². The summed E-state index contributed by atoms with van der Waals surface area (Å²) in [6.07, 6.45) is 4.70. The normalized spacial score (nSPS) is 12.6. The van der Waals surface area contributed by atoms with Gasteiger partial charge in [0.25, 0.3) is 0 Å². The molecule has 1 N–H and O–H groups in total. The van der Waals surface area contributed by atoms with Gasteiger partial charge in [-0.1, -0.05) is 51.0 Å². The highest BCUT2D eigenvalue weighted by Crippen LogP contribution is 2.15. The fourth-order valence-electron chi connectivity index (χ4n) is 2.00. The Morgan fingerprint density at radius 2 is 1.83 bits per heavy atom. The SMILES string of the molecule is CCCCOCC(NC)c1ccc(CCC)cc1. The number of unbranched alkanes of at least 4 members (excludes halogenated alkanes) is 1. The molecule has 18 heavy (non-hydrogen) atoms. The zero-order chi connectivity index (χ0) is 13.2. The van der Waals surface area contributed by atoms with Gasteiger partial charge >= 0.3 is 0 Å². The van der Waals surface area contributed by atoms with Gasteiger partial charge < -0.3 is 10.1 Å². The van der Waals surface area contributed by atoms with Crippen molar-refractivity contribution < 1.29 is 4.74 Å². The van der Waals surface area contributed by atoms with Crippen molar-refractivity contribution in [3.63, 3.8) is 0 Å². The first-order valence-electron chi connectivity index (χ1n) is 7.15. The fourth-order valence-corrected chi connectivity index (χ4v) is 2.00. The van der Waals surface area contributed by atoms with Gasteiger partial charge in [-0.25, -0.2) is 0 Å². The van der Waals surface area contributed by atoms with Crippen LogP contribution in [-0.2, 0) is 11.2 Å². The monoisotopic (exact) mass is 249 g/mol. The first kappa shape index (κ1) is 15.2. The Hall–Kier alpha value is -0.860. The lowest BCUT2D eigenvalue weighted by atomic mass is 10.0. The zero-order valence-corrected chi connectivity index (χ0v) is 12.0. The first-order valence-corrected chi connectivity index (χ1v) is 7.15. The summed E-state index contributed by atoms with van der Waals surface area (Å²) in [5, 5.41) is 3.32. The second-order valence-electron chi connectivity index (χ2n) is 4.76. The minimum absolute atomic E-state index is 0.303. The topological polar surface area (TPSA) is 21.3 Å². The second kappa shape index (κ2) is 9.12. The highest BCUT2D eigenvalue weighted by Gasteiger charge is 2.08. The summed E-state index contributed by atoms with van der Waals surface area (Å²) in [6, 6.07) is 9.20. The molecule has 0 fully saturated rings. The van der Waals surface area contributed by atoms with Gasteiger partial charge in [0.1, 0.15) is 0 Å². The molecule has 0 aliphatic carbocycles. The summed E-state index contributed by atoms with van der Waals surface area (Å²) < 4.78 is 5.70. The van der Waals surface area contributed by atoms with Crippen LogP contribution in [-0.4, -0.2) is 20.3 Å². The van der Waals surface area contributed by atoms with Crippen molar-refractivity contribution in [1.82, 2.24) is 5.32 Å². The molecule has 1 aromatic rings. The molecular formula is C16H27NO. The smallest absolute Gasteiger partial charge is 0.0661 e. The number of hydrogen-bond donors (Lipinski definition) is 1. The van der Waals surface area contributed by atoms with E-state index in [1.54, 1.807) is 0 Å². The lowest BCUT2D eigenvalue weighted by molar-refractivity contribution is 0.111. The molecule has 0 aliphatic heterocycles. The Morgan fingerprint density at radius 3 is 2.39 bits per heavy atom. The third kappa shape index (κ3) is 5.19. The molecule has 2 heteroatoms. The first-order chi connectivity index (χ1) is 8.81. The second-order valence-corrected chi connectivity index (χ2v) is 4.76. The Bertz CT molecular complexity index is 307. The van der Waals surface area contributed by atoms with E-state index < -0.39 is 0 Å². The summed E-state index contributed by atoms with van der Waals surface area (Å²) >= 11 is 0. The molecule has 0 heterocycles. The summed E-state index contributed by atoms with van der Waals surface area (Å²) in [5.74, 6) is 0. The Kier molecular flexibility index (Phi) is 7.70. The third-order valence-electron chi connectivity index (χ3n) is 3.20. The van der Waals surface area contributed by atoms with E-state index in [0.29, 0.717) is 6.04 Å². The molecule has 0 aromatic heterocycles. The average Bonchev–Trinajstić information content (AvgIpc) is 2.41. The molecule has 0 amide bonds. The van der Waals surface area contributed by atoms with Gasteiger partial charge in [-0.3, -0.25) is 0 Å². The molecule has 0 saturated heterocycles. The van der Waals surface area contributed by atoms with Crippen molar-refractivity contribution in [1.29, 1.82) is 0 Å². The lowest BCUT2D eigenvalue weighted by Crippen LogP contribution is -2.22. The average molecular weight is 249 g/mol. The van der Waals surface area contributed by atoms with E-state index in [0.717, 1.165) is 26.1 Å². The number of likely N-dealkylation sites (N-methyl/N-ethyl adjacent to an activating group) is 1. The van der Waals surface area contributed by atoms with Crippen LogP contribution < -0.4 is 5.32 Å². The summed E-state index contributed by atoms with van der Waals surface area (Å²) in [6.45, 7) is 6.02. The van der Waals surface area contributed by atoms with Crippen molar-refractivity contribution in [3.05, 3.63) is 35.4 Å². The van der Waals surface area contributed by atoms with Crippen LogP contribution in [0.2, 0.25) is 0 Å². The van der Waals surface area contributed by atoms with Crippen LogP contribution in [0.15, 0.2) is 24.3 Å². The van der Waals surface area contributed by atoms with Crippen LogP contribution in [0.4, 0.5) is 0 Å². The Labute approximate surface area is 112 Å². The van der Waals surface area contributed by atoms with Crippen LogP contribution in [0.25, 0.3) is 0 Å². The molecule has 102 valence electrons. The Morgan fingerprint density at radius 1 is 1.11 bits per heavy atom. The van der Waals surface area contributed by atoms with Gasteiger partial charge in [0, 0.05) is 6.61 Å². The van der Waals surface area contributed by atoms with Crippen LogP contribution >= 0.6 is 0 Å². The van der Waals surface area contributed by atoms with Gasteiger partial charge in [0.15, 0.2) is 0 Å². The van der Waals surface area contributed by atoms with Crippen molar-refractivity contribution in [3.8, 4) is 0 Å². The molecular weight excluding hydrogens is 222 g/mol. The maximum Gasteiger partial charge on any atom is 0.0661 e. The largest absolute Gasteiger partial charge is 0.379 e. The molecule has 1 atom stereocenters. The highest BCUT2D eigenvalue weighted by molar-refractivity contribution is 5.25. The molecule has 1 aromatic carbocycles. The third-order valence-corrected chi connectivity index (χ3v) is 3.20. The van der Waals surface area contributed by atoms with Gasteiger partial charge in [0.05, 0.1) is 12.6 Å². The number of rotatable bonds is 9. The van der Waals surface area contributed by atoms with E-state index >= 15 is 0 Å². The molecule has 0 radical (unpaired) electrons.